The van der Waals surface area contributed by atoms with Crippen LogP contribution in [0.2, 0.25) is 0 Å². The number of amides is 2. The van der Waals surface area contributed by atoms with Crippen molar-refractivity contribution in [2.24, 2.45) is 11.8 Å². The first-order valence-electron chi connectivity index (χ1n) is 11.2. The van der Waals surface area contributed by atoms with Gasteiger partial charge in [-0.25, -0.2) is 4.98 Å². The molecule has 3 atom stereocenters. The summed E-state index contributed by atoms with van der Waals surface area (Å²) >= 11 is 1.56. The quantitative estimate of drug-likeness (QED) is 0.593. The second-order valence-corrected chi connectivity index (χ2v) is 10.1. The largest absolute Gasteiger partial charge is 0.497 e. The lowest BCUT2D eigenvalue weighted by molar-refractivity contribution is 0.0690. The molecule has 1 aliphatic carbocycles. The lowest BCUT2D eigenvalue weighted by Gasteiger charge is -2.27. The highest BCUT2D eigenvalue weighted by Gasteiger charge is 2.54. The normalized spacial score (nSPS) is 20.9. The van der Waals surface area contributed by atoms with Crippen LogP contribution in [0.15, 0.2) is 48.5 Å². The summed E-state index contributed by atoms with van der Waals surface area (Å²) in [5.41, 5.74) is 3.25. The molecule has 0 bridgehead atoms. The average molecular weight is 462 g/mol. The lowest BCUT2D eigenvalue weighted by Crippen LogP contribution is -2.45. The van der Waals surface area contributed by atoms with Crippen molar-refractivity contribution in [3.05, 3.63) is 70.4 Å². The Kier molecular flexibility index (Phi) is 5.66. The number of hydrogen-bond acceptors (Lipinski definition) is 5. The minimum Gasteiger partial charge on any atom is -0.497 e. The molecule has 0 spiro atoms. The third-order valence-corrected chi connectivity index (χ3v) is 7.60. The van der Waals surface area contributed by atoms with Gasteiger partial charge in [-0.15, -0.1) is 11.3 Å². The van der Waals surface area contributed by atoms with Crippen LogP contribution < -0.4 is 10.1 Å². The van der Waals surface area contributed by atoms with Crippen molar-refractivity contribution < 1.29 is 14.3 Å². The number of methoxy groups -OCH3 is 1. The molecule has 0 unspecified atom stereocenters. The number of thiazole rings is 1. The Labute approximate surface area is 197 Å². The first-order valence-corrected chi connectivity index (χ1v) is 12.0. The summed E-state index contributed by atoms with van der Waals surface area (Å²) < 4.78 is 5.22. The summed E-state index contributed by atoms with van der Waals surface area (Å²) in [5.74, 6) is 1.42. The number of benzene rings is 2. The number of carbonyl (C=O) groups excluding carboxylic acids is 2. The highest BCUT2D eigenvalue weighted by Crippen LogP contribution is 2.50. The fourth-order valence-corrected chi connectivity index (χ4v) is 5.73. The van der Waals surface area contributed by atoms with Gasteiger partial charge in [-0.2, -0.15) is 0 Å². The first kappa shape index (κ1) is 21.6. The van der Waals surface area contributed by atoms with Gasteiger partial charge in [0.05, 0.1) is 23.0 Å². The predicted molar refractivity (Wildman–Crippen MR) is 129 cm³/mol. The molecular weight excluding hydrogens is 434 g/mol. The number of aryl methyl sites for hydroxylation is 2. The third-order valence-electron chi connectivity index (χ3n) is 6.58. The molecule has 1 aliphatic heterocycles. The van der Waals surface area contributed by atoms with E-state index in [0.29, 0.717) is 35.4 Å². The molecule has 170 valence electrons. The molecule has 5 rings (SSSR count). The smallest absolute Gasteiger partial charge is 0.274 e. The van der Waals surface area contributed by atoms with Crippen molar-refractivity contribution in [3.8, 4) is 16.2 Å². The van der Waals surface area contributed by atoms with Crippen LogP contribution in [0.3, 0.4) is 0 Å². The summed E-state index contributed by atoms with van der Waals surface area (Å²) in [5, 5.41) is 3.92. The van der Waals surface area contributed by atoms with Gasteiger partial charge in [0.15, 0.2) is 0 Å². The standard InChI is InChI=1S/C26H27N3O3S/c1-15-6-4-7-17(10-15)24-23(28-16(2)33-24)26(31)29-14-19-12-21(19)22(29)13-27-25(30)18-8-5-9-20(11-18)32-3/h4-11,19,21-22H,12-14H2,1-3H3,(H,27,30)/t19-,21-,22-/m1/s1. The van der Waals surface area contributed by atoms with E-state index < -0.39 is 0 Å². The van der Waals surface area contributed by atoms with E-state index in [4.69, 9.17) is 4.74 Å². The van der Waals surface area contributed by atoms with Crippen molar-refractivity contribution in [3.63, 3.8) is 0 Å². The molecule has 1 saturated heterocycles. The average Bonchev–Trinajstić information content (AvgIpc) is 3.33. The van der Waals surface area contributed by atoms with E-state index in [2.05, 4.69) is 16.4 Å². The number of carbonyl (C=O) groups is 2. The van der Waals surface area contributed by atoms with Gasteiger partial charge in [-0.1, -0.05) is 35.9 Å². The van der Waals surface area contributed by atoms with E-state index in [0.717, 1.165) is 34.0 Å². The number of rotatable bonds is 6. The first-order chi connectivity index (χ1) is 15.9. The topological polar surface area (TPSA) is 71.5 Å². The number of piperidine rings is 1. The molecule has 1 aromatic heterocycles. The molecular formula is C26H27N3O3S. The van der Waals surface area contributed by atoms with Crippen LogP contribution in [0.1, 0.15) is 37.8 Å². The fourth-order valence-electron chi connectivity index (χ4n) is 4.82. The summed E-state index contributed by atoms with van der Waals surface area (Å²) in [6, 6.07) is 15.3. The molecule has 2 heterocycles. The Morgan fingerprint density at radius 3 is 2.79 bits per heavy atom. The molecule has 7 heteroatoms. The van der Waals surface area contributed by atoms with Crippen molar-refractivity contribution >= 4 is 23.2 Å². The second kappa shape index (κ2) is 8.63. The number of nitrogens with zero attached hydrogens (tertiary/aromatic N) is 2. The molecule has 6 nitrogen and oxygen atoms in total. The Bertz CT molecular complexity index is 1220. The molecule has 2 aliphatic rings. The molecule has 33 heavy (non-hydrogen) atoms. The van der Waals surface area contributed by atoms with Gasteiger partial charge < -0.3 is 15.0 Å². The lowest BCUT2D eigenvalue weighted by atomic mass is 10.1. The third kappa shape index (κ3) is 4.25. The van der Waals surface area contributed by atoms with Crippen LogP contribution >= 0.6 is 11.3 Å². The SMILES string of the molecule is COc1cccc(C(=O)NC[C@@H]2[C@@H]3C[C@@H]3CN2C(=O)c2nc(C)sc2-c2cccc(C)c2)c1. The van der Waals surface area contributed by atoms with Gasteiger partial charge in [0.1, 0.15) is 11.4 Å². The number of hydrogen-bond donors (Lipinski definition) is 1. The van der Waals surface area contributed by atoms with Crippen LogP contribution in [-0.4, -0.2) is 47.9 Å². The molecule has 2 fully saturated rings. The summed E-state index contributed by atoms with van der Waals surface area (Å²) in [6.07, 6.45) is 1.12. The zero-order valence-corrected chi connectivity index (χ0v) is 19.8. The van der Waals surface area contributed by atoms with Gasteiger partial charge in [0.25, 0.3) is 11.8 Å². The zero-order chi connectivity index (χ0) is 23.1. The van der Waals surface area contributed by atoms with E-state index in [1.165, 1.54) is 0 Å². The maximum Gasteiger partial charge on any atom is 0.274 e. The second-order valence-electron chi connectivity index (χ2n) is 8.91. The Hall–Kier alpha value is -3.19. The van der Waals surface area contributed by atoms with Gasteiger partial charge in [0, 0.05) is 18.7 Å². The maximum absolute atomic E-state index is 13.7. The molecule has 2 amide bonds. The zero-order valence-electron chi connectivity index (χ0n) is 19.0. The number of likely N-dealkylation sites (tertiary alicyclic amines) is 1. The summed E-state index contributed by atoms with van der Waals surface area (Å²) in [7, 11) is 1.58. The summed E-state index contributed by atoms with van der Waals surface area (Å²) in [6.45, 7) is 5.15. The highest BCUT2D eigenvalue weighted by atomic mass is 32.1. The number of fused-ring (bicyclic) bond motifs is 1. The van der Waals surface area contributed by atoms with E-state index >= 15 is 0 Å². The van der Waals surface area contributed by atoms with Crippen LogP contribution in [0.4, 0.5) is 0 Å². The van der Waals surface area contributed by atoms with Gasteiger partial charge in [-0.3, -0.25) is 9.59 Å². The van der Waals surface area contributed by atoms with Crippen LogP contribution in [0, 0.1) is 25.7 Å². The monoisotopic (exact) mass is 461 g/mol. The minimum absolute atomic E-state index is 0.00979. The number of aromatic nitrogens is 1. The Morgan fingerprint density at radius 1 is 1.18 bits per heavy atom. The molecule has 0 radical (unpaired) electrons. The summed E-state index contributed by atoms with van der Waals surface area (Å²) in [4.78, 5) is 33.9. The van der Waals surface area contributed by atoms with E-state index in [1.807, 2.05) is 43.0 Å². The van der Waals surface area contributed by atoms with Crippen molar-refractivity contribution in [2.75, 3.05) is 20.2 Å². The Balaban J connectivity index is 1.34. The Morgan fingerprint density at radius 2 is 2.00 bits per heavy atom. The van der Waals surface area contributed by atoms with Crippen molar-refractivity contribution in [2.45, 2.75) is 26.3 Å². The van der Waals surface area contributed by atoms with Crippen molar-refractivity contribution in [1.29, 1.82) is 0 Å². The minimum atomic E-state index is -0.157. The molecule has 3 aromatic rings. The van der Waals surface area contributed by atoms with Gasteiger partial charge >= 0.3 is 0 Å². The van der Waals surface area contributed by atoms with E-state index in [1.54, 1.807) is 36.6 Å². The van der Waals surface area contributed by atoms with Gasteiger partial charge in [0.2, 0.25) is 0 Å². The van der Waals surface area contributed by atoms with Crippen molar-refractivity contribution in [1.82, 2.24) is 15.2 Å². The van der Waals surface area contributed by atoms with Gasteiger partial charge in [-0.05, 0) is 55.9 Å². The highest BCUT2D eigenvalue weighted by molar-refractivity contribution is 7.15. The maximum atomic E-state index is 13.7. The van der Waals surface area contributed by atoms with Crippen LogP contribution in [0.5, 0.6) is 5.75 Å². The number of nitrogens with one attached hydrogen (secondary N) is 1. The number of ether oxygens (including phenoxy) is 1. The van der Waals surface area contributed by atoms with Crippen LogP contribution in [-0.2, 0) is 0 Å². The predicted octanol–water partition coefficient (Wildman–Crippen LogP) is 4.33. The molecule has 2 aromatic carbocycles. The van der Waals surface area contributed by atoms with E-state index in [-0.39, 0.29) is 17.9 Å². The fraction of sp³-hybridized carbons (Fsp3) is 0.346. The van der Waals surface area contributed by atoms with Crippen LogP contribution in [0.25, 0.3) is 10.4 Å². The molecule has 1 saturated carbocycles. The molecule has 1 N–H and O–H groups in total. The van der Waals surface area contributed by atoms with E-state index in [9.17, 15) is 9.59 Å².